The van der Waals surface area contributed by atoms with Gasteiger partial charge in [0.25, 0.3) is 0 Å². The molecule has 0 aliphatic rings. The summed E-state index contributed by atoms with van der Waals surface area (Å²) in [5.41, 5.74) is -0.0793. The number of hydrogen-bond donors (Lipinski definition) is 0. The maximum atomic E-state index is 11.1. The highest BCUT2D eigenvalue weighted by Crippen LogP contribution is 2.29. The molecule has 0 radical (unpaired) electrons. The summed E-state index contributed by atoms with van der Waals surface area (Å²) in [5.74, 6) is 0.857. The van der Waals surface area contributed by atoms with Gasteiger partial charge in [-0.05, 0) is 5.92 Å². The fraction of sp³-hybridized carbons (Fsp3) is 0.538. The van der Waals surface area contributed by atoms with Gasteiger partial charge in [-0.1, -0.05) is 13.8 Å². The third kappa shape index (κ3) is 4.09. The van der Waals surface area contributed by atoms with Crippen molar-refractivity contribution in [3.63, 3.8) is 0 Å². The van der Waals surface area contributed by atoms with Crippen LogP contribution in [0.4, 0.5) is 11.5 Å². The Morgan fingerprint density at radius 1 is 1.55 bits per heavy atom. The van der Waals surface area contributed by atoms with Gasteiger partial charge in [-0.15, -0.1) is 0 Å². The van der Waals surface area contributed by atoms with Crippen LogP contribution in [-0.2, 0) is 0 Å². The number of rotatable bonds is 7. The molecule has 1 heterocycles. The van der Waals surface area contributed by atoms with Gasteiger partial charge in [0.2, 0.25) is 11.7 Å². The van der Waals surface area contributed by atoms with E-state index in [1.165, 1.54) is 19.2 Å². The molecule has 1 rings (SSSR count). The van der Waals surface area contributed by atoms with Crippen LogP contribution >= 0.6 is 0 Å². The SMILES string of the molecule is COc1ccc([N+](=O)[O-])c(N(CCC#N)CC(C)C)n1. The second-order valence-electron chi connectivity index (χ2n) is 4.70. The lowest BCUT2D eigenvalue weighted by molar-refractivity contribution is -0.384. The molecule has 1 aromatic heterocycles. The van der Waals surface area contributed by atoms with Crippen LogP contribution in [0.15, 0.2) is 12.1 Å². The topological polar surface area (TPSA) is 92.3 Å². The molecule has 0 unspecified atom stereocenters. The van der Waals surface area contributed by atoms with E-state index >= 15 is 0 Å². The Bertz CT molecular complexity index is 511. The van der Waals surface area contributed by atoms with Crippen LogP contribution in [0, 0.1) is 27.4 Å². The highest BCUT2D eigenvalue weighted by atomic mass is 16.6. The third-order valence-electron chi connectivity index (χ3n) is 2.61. The number of nitrogens with zero attached hydrogens (tertiary/aromatic N) is 4. The van der Waals surface area contributed by atoms with E-state index in [2.05, 4.69) is 4.98 Å². The van der Waals surface area contributed by atoms with E-state index in [0.29, 0.717) is 24.9 Å². The van der Waals surface area contributed by atoms with Gasteiger partial charge in [-0.2, -0.15) is 10.2 Å². The van der Waals surface area contributed by atoms with Gasteiger partial charge in [-0.3, -0.25) is 10.1 Å². The summed E-state index contributed by atoms with van der Waals surface area (Å²) in [6, 6.07) is 4.88. The van der Waals surface area contributed by atoms with Crippen LogP contribution < -0.4 is 9.64 Å². The number of pyridine rings is 1. The molecule has 0 bridgehead atoms. The minimum atomic E-state index is -0.471. The second kappa shape index (κ2) is 7.28. The van der Waals surface area contributed by atoms with E-state index < -0.39 is 4.92 Å². The number of methoxy groups -OCH3 is 1. The molecule has 1 aromatic rings. The molecule has 20 heavy (non-hydrogen) atoms. The average molecular weight is 278 g/mol. The summed E-state index contributed by atoms with van der Waals surface area (Å²) in [6.07, 6.45) is 0.281. The molecule has 7 nitrogen and oxygen atoms in total. The zero-order valence-corrected chi connectivity index (χ0v) is 11.9. The summed E-state index contributed by atoms with van der Waals surface area (Å²) in [7, 11) is 1.46. The van der Waals surface area contributed by atoms with Gasteiger partial charge in [0.15, 0.2) is 0 Å². The molecule has 0 amide bonds. The van der Waals surface area contributed by atoms with Crippen molar-refractivity contribution < 1.29 is 9.66 Å². The maximum absolute atomic E-state index is 11.1. The van der Waals surface area contributed by atoms with Crippen molar-refractivity contribution in [2.45, 2.75) is 20.3 Å². The van der Waals surface area contributed by atoms with Crippen molar-refractivity contribution in [1.29, 1.82) is 5.26 Å². The van der Waals surface area contributed by atoms with Crippen molar-refractivity contribution in [2.75, 3.05) is 25.1 Å². The maximum Gasteiger partial charge on any atom is 0.311 e. The van der Waals surface area contributed by atoms with E-state index in [1.54, 1.807) is 4.90 Å². The Morgan fingerprint density at radius 2 is 2.25 bits per heavy atom. The quantitative estimate of drug-likeness (QED) is 0.561. The molecule has 0 aliphatic heterocycles. The van der Waals surface area contributed by atoms with Gasteiger partial charge in [-0.25, -0.2) is 0 Å². The van der Waals surface area contributed by atoms with E-state index in [1.807, 2.05) is 19.9 Å². The fourth-order valence-electron chi connectivity index (χ4n) is 1.82. The first kappa shape index (κ1) is 15.7. The Kier molecular flexibility index (Phi) is 5.72. The van der Waals surface area contributed by atoms with Crippen LogP contribution in [0.2, 0.25) is 0 Å². The van der Waals surface area contributed by atoms with Gasteiger partial charge >= 0.3 is 5.69 Å². The Labute approximate surface area is 117 Å². The zero-order valence-electron chi connectivity index (χ0n) is 11.9. The number of nitro groups is 1. The summed E-state index contributed by atoms with van der Waals surface area (Å²) >= 11 is 0. The first-order valence-corrected chi connectivity index (χ1v) is 6.31. The van der Waals surface area contributed by atoms with Gasteiger partial charge in [0.1, 0.15) is 0 Å². The standard InChI is InChI=1S/C13H18N4O3/c1-10(2)9-16(8-4-7-14)13-11(17(18)19)5-6-12(15-13)20-3/h5-6,10H,4,8-9H2,1-3H3. The normalized spacial score (nSPS) is 10.2. The van der Waals surface area contributed by atoms with E-state index in [-0.39, 0.29) is 17.9 Å². The molecule has 0 atom stereocenters. The molecule has 108 valence electrons. The third-order valence-corrected chi connectivity index (χ3v) is 2.61. The molecule has 0 N–H and O–H groups in total. The van der Waals surface area contributed by atoms with Crippen molar-refractivity contribution in [1.82, 2.24) is 4.98 Å². The number of hydrogen-bond acceptors (Lipinski definition) is 6. The highest BCUT2D eigenvalue weighted by molar-refractivity contribution is 5.59. The minimum absolute atomic E-state index is 0.0793. The molecular weight excluding hydrogens is 260 g/mol. The second-order valence-corrected chi connectivity index (χ2v) is 4.70. The Balaban J connectivity index is 3.20. The highest BCUT2D eigenvalue weighted by Gasteiger charge is 2.22. The van der Waals surface area contributed by atoms with Crippen LogP contribution in [0.3, 0.4) is 0 Å². The number of aromatic nitrogens is 1. The smallest absolute Gasteiger partial charge is 0.311 e. The summed E-state index contributed by atoms with van der Waals surface area (Å²) in [6.45, 7) is 5.00. The lowest BCUT2D eigenvalue weighted by Crippen LogP contribution is -2.30. The summed E-state index contributed by atoms with van der Waals surface area (Å²) in [5, 5.41) is 19.8. The monoisotopic (exact) mass is 278 g/mol. The van der Waals surface area contributed by atoms with Crippen molar-refractivity contribution in [3.8, 4) is 11.9 Å². The van der Waals surface area contributed by atoms with Crippen molar-refractivity contribution >= 4 is 11.5 Å². The van der Waals surface area contributed by atoms with Crippen molar-refractivity contribution in [3.05, 3.63) is 22.2 Å². The van der Waals surface area contributed by atoms with Gasteiger partial charge in [0, 0.05) is 25.2 Å². The number of anilines is 1. The molecule has 0 spiro atoms. The Morgan fingerprint density at radius 3 is 2.75 bits per heavy atom. The van der Waals surface area contributed by atoms with E-state index in [9.17, 15) is 10.1 Å². The number of ether oxygens (including phenoxy) is 1. The fourth-order valence-corrected chi connectivity index (χ4v) is 1.82. The van der Waals surface area contributed by atoms with E-state index in [0.717, 1.165) is 0 Å². The largest absolute Gasteiger partial charge is 0.481 e. The lowest BCUT2D eigenvalue weighted by atomic mass is 10.2. The molecule has 0 fully saturated rings. The summed E-state index contributed by atoms with van der Waals surface area (Å²) in [4.78, 5) is 16.6. The van der Waals surface area contributed by atoms with Crippen LogP contribution in [-0.4, -0.2) is 30.1 Å². The van der Waals surface area contributed by atoms with Crippen LogP contribution in [0.1, 0.15) is 20.3 Å². The Hall–Kier alpha value is -2.36. The first-order chi connectivity index (χ1) is 9.49. The molecular formula is C13H18N4O3. The van der Waals surface area contributed by atoms with Gasteiger partial charge in [0.05, 0.1) is 24.5 Å². The molecule has 0 saturated carbocycles. The predicted molar refractivity (Wildman–Crippen MR) is 74.7 cm³/mol. The molecule has 0 aromatic carbocycles. The zero-order chi connectivity index (χ0) is 15.1. The predicted octanol–water partition coefficient (Wildman–Crippen LogP) is 2.37. The minimum Gasteiger partial charge on any atom is -0.481 e. The van der Waals surface area contributed by atoms with Crippen molar-refractivity contribution in [2.24, 2.45) is 5.92 Å². The van der Waals surface area contributed by atoms with Gasteiger partial charge < -0.3 is 9.64 Å². The molecule has 7 heteroatoms. The lowest BCUT2D eigenvalue weighted by Gasteiger charge is -2.24. The van der Waals surface area contributed by atoms with Crippen LogP contribution in [0.5, 0.6) is 5.88 Å². The molecule has 0 saturated heterocycles. The average Bonchev–Trinajstić information content (AvgIpc) is 2.42. The molecule has 0 aliphatic carbocycles. The van der Waals surface area contributed by atoms with E-state index in [4.69, 9.17) is 10.00 Å². The van der Waals surface area contributed by atoms with Crippen LogP contribution in [0.25, 0.3) is 0 Å². The number of nitriles is 1. The summed E-state index contributed by atoms with van der Waals surface area (Å²) < 4.78 is 5.02. The first-order valence-electron chi connectivity index (χ1n) is 6.31.